The summed E-state index contributed by atoms with van der Waals surface area (Å²) >= 11 is 0. The molecule has 0 saturated heterocycles. The van der Waals surface area contributed by atoms with E-state index in [-0.39, 0.29) is 24.0 Å². The molecule has 0 amide bonds. The normalized spacial score (nSPS) is 10.6. The summed E-state index contributed by atoms with van der Waals surface area (Å²) in [6.45, 7) is 6.73. The van der Waals surface area contributed by atoms with Crippen LogP contribution in [-0.2, 0) is 24.0 Å². The molecule has 0 N–H and O–H groups in total. The monoisotopic (exact) mass is 229 g/mol. The Bertz CT molecular complexity index is 264. The first kappa shape index (κ1) is 13.6. The van der Waals surface area contributed by atoms with Gasteiger partial charge < -0.3 is 4.74 Å². The molecule has 0 aromatic heterocycles. The standard InChI is InChI=1S/C12H18O.V/c1-5-12(2,3)10-6-8-11(13-4)9-7-10;/h6-9H,5H2,1-4H3;. The van der Waals surface area contributed by atoms with Crippen LogP contribution in [0.25, 0.3) is 0 Å². The molecule has 0 saturated carbocycles. The Balaban J connectivity index is 0.00000169. The summed E-state index contributed by atoms with van der Waals surface area (Å²) in [5.41, 5.74) is 1.64. The van der Waals surface area contributed by atoms with E-state index < -0.39 is 0 Å². The molecule has 0 aliphatic carbocycles. The maximum absolute atomic E-state index is 5.12. The van der Waals surface area contributed by atoms with E-state index in [0.29, 0.717) is 0 Å². The molecule has 1 nitrogen and oxygen atoms in total. The maximum Gasteiger partial charge on any atom is 0.118 e. The van der Waals surface area contributed by atoms with Crippen molar-refractivity contribution in [3.63, 3.8) is 0 Å². The van der Waals surface area contributed by atoms with Crippen LogP contribution in [0.15, 0.2) is 24.3 Å². The third-order valence-electron chi connectivity index (χ3n) is 2.76. The first-order valence-electron chi connectivity index (χ1n) is 4.74. The summed E-state index contributed by atoms with van der Waals surface area (Å²) in [6, 6.07) is 8.32. The van der Waals surface area contributed by atoms with Gasteiger partial charge in [-0.15, -0.1) is 0 Å². The van der Waals surface area contributed by atoms with Gasteiger partial charge in [-0.1, -0.05) is 32.9 Å². The molecule has 1 aromatic carbocycles. The van der Waals surface area contributed by atoms with Gasteiger partial charge in [0.15, 0.2) is 0 Å². The summed E-state index contributed by atoms with van der Waals surface area (Å²) in [7, 11) is 1.69. The van der Waals surface area contributed by atoms with Gasteiger partial charge in [-0.3, -0.25) is 0 Å². The van der Waals surface area contributed by atoms with Crippen LogP contribution >= 0.6 is 0 Å². The molecule has 1 radical (unpaired) electrons. The first-order chi connectivity index (χ1) is 6.10. The predicted octanol–water partition coefficient (Wildman–Crippen LogP) is 3.38. The third kappa shape index (κ3) is 3.07. The van der Waals surface area contributed by atoms with Crippen molar-refractivity contribution in [1.29, 1.82) is 0 Å². The molecule has 14 heavy (non-hydrogen) atoms. The van der Waals surface area contributed by atoms with Crippen molar-refractivity contribution in [3.05, 3.63) is 29.8 Å². The molecule has 1 aromatic rings. The fourth-order valence-corrected chi connectivity index (χ4v) is 1.25. The van der Waals surface area contributed by atoms with Gasteiger partial charge in [-0.05, 0) is 29.5 Å². The second kappa shape index (κ2) is 5.48. The minimum atomic E-state index is 0. The molecule has 2 heteroatoms. The molecule has 0 unspecified atom stereocenters. The summed E-state index contributed by atoms with van der Waals surface area (Å²) < 4.78 is 5.12. The topological polar surface area (TPSA) is 9.23 Å². The second-order valence-electron chi connectivity index (χ2n) is 3.97. The van der Waals surface area contributed by atoms with Gasteiger partial charge in [0, 0.05) is 18.6 Å². The zero-order valence-corrected chi connectivity index (χ0v) is 10.8. The predicted molar refractivity (Wildman–Crippen MR) is 56.3 cm³/mol. The molecular weight excluding hydrogens is 211 g/mol. The second-order valence-corrected chi connectivity index (χ2v) is 3.97. The van der Waals surface area contributed by atoms with Gasteiger partial charge in [-0.2, -0.15) is 0 Å². The fourth-order valence-electron chi connectivity index (χ4n) is 1.25. The number of benzene rings is 1. The largest absolute Gasteiger partial charge is 0.497 e. The van der Waals surface area contributed by atoms with E-state index in [1.165, 1.54) is 5.56 Å². The van der Waals surface area contributed by atoms with Crippen molar-refractivity contribution in [3.8, 4) is 5.75 Å². The summed E-state index contributed by atoms with van der Waals surface area (Å²) in [4.78, 5) is 0. The smallest absolute Gasteiger partial charge is 0.118 e. The number of methoxy groups -OCH3 is 1. The molecule has 1 rings (SSSR count). The SMILES string of the molecule is CCC(C)(C)c1ccc(OC)cc1.[V]. The van der Waals surface area contributed by atoms with E-state index in [9.17, 15) is 0 Å². The van der Waals surface area contributed by atoms with Crippen molar-refractivity contribution in [2.24, 2.45) is 0 Å². The van der Waals surface area contributed by atoms with E-state index >= 15 is 0 Å². The molecule has 0 aliphatic rings. The number of rotatable bonds is 3. The molecular formula is C12H18OV. The Kier molecular flexibility index (Phi) is 5.32. The average Bonchev–Trinajstić information content (AvgIpc) is 2.18. The van der Waals surface area contributed by atoms with Crippen molar-refractivity contribution >= 4 is 0 Å². The van der Waals surface area contributed by atoms with E-state index in [2.05, 4.69) is 32.9 Å². The van der Waals surface area contributed by atoms with E-state index in [0.717, 1.165) is 12.2 Å². The average molecular weight is 229 g/mol. The van der Waals surface area contributed by atoms with E-state index in [1.807, 2.05) is 12.1 Å². The summed E-state index contributed by atoms with van der Waals surface area (Å²) in [6.07, 6.45) is 1.15. The molecule has 77 valence electrons. The van der Waals surface area contributed by atoms with E-state index in [1.54, 1.807) is 7.11 Å². The van der Waals surface area contributed by atoms with Crippen LogP contribution in [0, 0.1) is 0 Å². The van der Waals surface area contributed by atoms with Crippen LogP contribution in [0.1, 0.15) is 32.8 Å². The number of hydrogen-bond acceptors (Lipinski definition) is 1. The van der Waals surface area contributed by atoms with Gasteiger partial charge in [0.25, 0.3) is 0 Å². The molecule has 0 atom stereocenters. The zero-order chi connectivity index (χ0) is 9.90. The third-order valence-corrected chi connectivity index (χ3v) is 2.76. The van der Waals surface area contributed by atoms with Gasteiger partial charge in [0.05, 0.1) is 7.11 Å². The van der Waals surface area contributed by atoms with Crippen molar-refractivity contribution in [2.75, 3.05) is 7.11 Å². The molecule has 0 bridgehead atoms. The Morgan fingerprint density at radius 2 is 1.64 bits per heavy atom. The van der Waals surface area contributed by atoms with Crippen LogP contribution in [-0.4, -0.2) is 7.11 Å². The molecule has 0 aliphatic heterocycles. The van der Waals surface area contributed by atoms with Gasteiger partial charge in [0.2, 0.25) is 0 Å². The van der Waals surface area contributed by atoms with Gasteiger partial charge in [0.1, 0.15) is 5.75 Å². The van der Waals surface area contributed by atoms with Crippen LogP contribution in [0.3, 0.4) is 0 Å². The van der Waals surface area contributed by atoms with Crippen molar-refractivity contribution < 1.29 is 23.3 Å². The van der Waals surface area contributed by atoms with Crippen molar-refractivity contribution in [1.82, 2.24) is 0 Å². The first-order valence-corrected chi connectivity index (χ1v) is 4.74. The maximum atomic E-state index is 5.12. The minimum absolute atomic E-state index is 0. The quantitative estimate of drug-likeness (QED) is 0.772. The molecule has 0 spiro atoms. The van der Waals surface area contributed by atoms with Crippen molar-refractivity contribution in [2.45, 2.75) is 32.6 Å². The van der Waals surface area contributed by atoms with Gasteiger partial charge >= 0.3 is 0 Å². The summed E-state index contributed by atoms with van der Waals surface area (Å²) in [5, 5.41) is 0. The molecule has 0 heterocycles. The Morgan fingerprint density at radius 3 is 2.00 bits per heavy atom. The molecule has 0 fully saturated rings. The number of ether oxygens (including phenoxy) is 1. The Labute approximate surface area is 98.7 Å². The Morgan fingerprint density at radius 1 is 1.14 bits per heavy atom. The van der Waals surface area contributed by atoms with Gasteiger partial charge in [-0.25, -0.2) is 0 Å². The fraction of sp³-hybridized carbons (Fsp3) is 0.500. The number of hydrogen-bond donors (Lipinski definition) is 0. The zero-order valence-electron chi connectivity index (χ0n) is 9.37. The Hall–Kier alpha value is -0.396. The summed E-state index contributed by atoms with van der Waals surface area (Å²) in [5.74, 6) is 0.927. The minimum Gasteiger partial charge on any atom is -0.497 e. The van der Waals surface area contributed by atoms with Crippen LogP contribution in [0.4, 0.5) is 0 Å². The van der Waals surface area contributed by atoms with E-state index in [4.69, 9.17) is 4.74 Å². The van der Waals surface area contributed by atoms with Crippen LogP contribution < -0.4 is 4.74 Å². The van der Waals surface area contributed by atoms with Crippen LogP contribution in [0.5, 0.6) is 5.75 Å². The van der Waals surface area contributed by atoms with Crippen LogP contribution in [0.2, 0.25) is 0 Å².